The van der Waals surface area contributed by atoms with Crippen LogP contribution in [-0.2, 0) is 6.42 Å². The van der Waals surface area contributed by atoms with Crippen LogP contribution in [0, 0.1) is 11.3 Å². The molecule has 0 unspecified atom stereocenters. The summed E-state index contributed by atoms with van der Waals surface area (Å²) in [4.78, 5) is 8.12. The molecule has 0 aromatic carbocycles. The fourth-order valence-corrected chi connectivity index (χ4v) is 2.06. The summed E-state index contributed by atoms with van der Waals surface area (Å²) in [7, 11) is 0. The van der Waals surface area contributed by atoms with Gasteiger partial charge in [0.05, 0.1) is 0 Å². The first-order valence-corrected chi connectivity index (χ1v) is 8.14. The van der Waals surface area contributed by atoms with E-state index < -0.39 is 7.59 Å². The van der Waals surface area contributed by atoms with E-state index in [-0.39, 0.29) is 23.3 Å². The van der Waals surface area contributed by atoms with Gasteiger partial charge in [0.1, 0.15) is 11.8 Å². The Bertz CT molecular complexity index is 700. The molecule has 0 saturated heterocycles. The molecule has 0 bridgehead atoms. The van der Waals surface area contributed by atoms with Crippen LogP contribution in [0.4, 0.5) is 0 Å². The number of alkyl halides is 6. The normalized spacial score (nSPS) is 15.4. The molecule has 1 N–H and O–H groups in total. The summed E-state index contributed by atoms with van der Waals surface area (Å²) in [6, 6.07) is 5.07. The minimum absolute atomic E-state index is 0.0535. The lowest BCUT2D eigenvalue weighted by atomic mass is 10.3. The van der Waals surface area contributed by atoms with Gasteiger partial charge >= 0.3 is 0 Å². The lowest BCUT2D eigenvalue weighted by molar-refractivity contribution is 0.510. The van der Waals surface area contributed by atoms with Gasteiger partial charge in [-0.2, -0.15) is 5.26 Å². The van der Waals surface area contributed by atoms with Crippen LogP contribution in [0.5, 0.6) is 0 Å². The Morgan fingerprint density at radius 2 is 1.65 bits per heavy atom. The molecule has 5 nitrogen and oxygen atoms in total. The highest BCUT2D eigenvalue weighted by atomic mass is 35.6. The lowest BCUT2D eigenvalue weighted by Gasteiger charge is -2.24. The van der Waals surface area contributed by atoms with Gasteiger partial charge in [0.15, 0.2) is 17.5 Å². The van der Waals surface area contributed by atoms with E-state index in [4.69, 9.17) is 79.3 Å². The summed E-state index contributed by atoms with van der Waals surface area (Å²) >= 11 is 34.8. The number of hydrogen-bond acceptors (Lipinski definition) is 5. The van der Waals surface area contributed by atoms with Gasteiger partial charge in [-0.1, -0.05) is 69.6 Å². The SMILES string of the molecule is N#Cc1ccc(CC=C2N=C(C(Cl)(Cl)Cl)NC(C(Cl)(Cl)Cl)=N2)o1. The second-order valence-corrected chi connectivity index (χ2v) is 8.75. The molecule has 122 valence electrons. The third-order valence-corrected chi connectivity index (χ3v) is 3.56. The number of aliphatic imine (C=N–C) groups is 2. The minimum atomic E-state index is -1.85. The number of hydrogen-bond donors (Lipinski definition) is 1. The predicted octanol–water partition coefficient (Wildman–Crippen LogP) is 4.68. The van der Waals surface area contributed by atoms with E-state index in [1.54, 1.807) is 18.2 Å². The second-order valence-electron chi connectivity index (χ2n) is 4.19. The quantitative estimate of drug-likeness (QED) is 0.687. The van der Waals surface area contributed by atoms with Crippen LogP contribution in [-0.4, -0.2) is 19.3 Å². The molecule has 2 rings (SSSR count). The van der Waals surface area contributed by atoms with Crippen molar-refractivity contribution in [3.8, 4) is 6.07 Å². The number of furan rings is 1. The van der Waals surface area contributed by atoms with Gasteiger partial charge in [-0.25, -0.2) is 9.98 Å². The number of nitriles is 1. The van der Waals surface area contributed by atoms with Gasteiger partial charge in [0, 0.05) is 6.42 Å². The van der Waals surface area contributed by atoms with Gasteiger partial charge in [-0.15, -0.1) is 0 Å². The van der Waals surface area contributed by atoms with E-state index in [2.05, 4.69) is 15.3 Å². The van der Waals surface area contributed by atoms with E-state index in [1.807, 2.05) is 6.07 Å². The Morgan fingerprint density at radius 3 is 2.09 bits per heavy atom. The summed E-state index contributed by atoms with van der Waals surface area (Å²) < 4.78 is 1.53. The first kappa shape index (κ1) is 18.7. The van der Waals surface area contributed by atoms with Gasteiger partial charge < -0.3 is 9.73 Å². The highest BCUT2D eigenvalue weighted by molar-refractivity contribution is 6.79. The van der Waals surface area contributed by atoms with Crippen molar-refractivity contribution >= 4 is 81.3 Å². The molecule has 1 aromatic rings. The number of amidine groups is 2. The molecule has 0 saturated carbocycles. The Labute approximate surface area is 161 Å². The van der Waals surface area contributed by atoms with E-state index >= 15 is 0 Å². The first-order chi connectivity index (χ1) is 10.6. The number of nitrogens with one attached hydrogen (secondary N) is 1. The summed E-state index contributed by atoms with van der Waals surface area (Å²) in [5.74, 6) is 0.786. The highest BCUT2D eigenvalue weighted by Crippen LogP contribution is 2.33. The van der Waals surface area contributed by atoms with Gasteiger partial charge in [-0.3, -0.25) is 0 Å². The van der Waals surface area contributed by atoms with E-state index in [1.165, 1.54) is 0 Å². The molecule has 23 heavy (non-hydrogen) atoms. The molecule has 1 aromatic heterocycles. The summed E-state index contributed by atoms with van der Waals surface area (Å²) in [5.41, 5.74) is 0. The monoisotopic (exact) mass is 432 g/mol. The Kier molecular flexibility index (Phi) is 5.78. The van der Waals surface area contributed by atoms with Crippen molar-refractivity contribution in [1.29, 1.82) is 5.26 Å². The molecular weight excluding hydrogens is 429 g/mol. The van der Waals surface area contributed by atoms with Crippen LogP contribution in [0.2, 0.25) is 0 Å². The zero-order valence-electron chi connectivity index (χ0n) is 11.0. The van der Waals surface area contributed by atoms with E-state index in [9.17, 15) is 0 Å². The number of rotatable bonds is 2. The smallest absolute Gasteiger partial charge is 0.248 e. The Morgan fingerprint density at radius 1 is 1.09 bits per heavy atom. The zero-order chi connectivity index (χ0) is 17.3. The maximum atomic E-state index is 8.72. The average Bonchev–Trinajstić information content (AvgIpc) is 2.91. The van der Waals surface area contributed by atoms with Crippen LogP contribution >= 0.6 is 69.6 Å². The molecule has 0 spiro atoms. The molecule has 0 atom stereocenters. The van der Waals surface area contributed by atoms with Crippen LogP contribution in [0.25, 0.3) is 0 Å². The summed E-state index contributed by atoms with van der Waals surface area (Å²) in [5, 5.41) is 11.3. The van der Waals surface area contributed by atoms with Crippen molar-refractivity contribution in [2.45, 2.75) is 14.0 Å². The Hall–Kier alpha value is -0.610. The van der Waals surface area contributed by atoms with Crippen molar-refractivity contribution in [2.75, 3.05) is 0 Å². The van der Waals surface area contributed by atoms with E-state index in [0.717, 1.165) is 0 Å². The Balaban J connectivity index is 2.30. The third kappa shape index (κ3) is 5.18. The molecule has 0 fully saturated rings. The minimum Gasteiger partial charge on any atom is -0.450 e. The second kappa shape index (κ2) is 7.10. The number of halogens is 6. The molecular formula is C12H6Cl6N4O. The van der Waals surface area contributed by atoms with Gasteiger partial charge in [0.2, 0.25) is 13.3 Å². The van der Waals surface area contributed by atoms with Crippen LogP contribution in [0.3, 0.4) is 0 Å². The molecule has 11 heteroatoms. The van der Waals surface area contributed by atoms with Gasteiger partial charge in [-0.05, 0) is 18.2 Å². The molecule has 2 heterocycles. The lowest BCUT2D eigenvalue weighted by Crippen LogP contribution is -2.46. The first-order valence-electron chi connectivity index (χ1n) is 5.87. The molecule has 1 aliphatic rings. The average molecular weight is 435 g/mol. The summed E-state index contributed by atoms with van der Waals surface area (Å²) in [6.45, 7) is 0. The van der Waals surface area contributed by atoms with Crippen LogP contribution in [0.1, 0.15) is 11.5 Å². The maximum absolute atomic E-state index is 8.72. The molecule has 1 aliphatic heterocycles. The van der Waals surface area contributed by atoms with Crippen molar-refractivity contribution in [1.82, 2.24) is 5.32 Å². The van der Waals surface area contributed by atoms with Crippen molar-refractivity contribution in [3.05, 3.63) is 35.6 Å². The van der Waals surface area contributed by atoms with E-state index in [0.29, 0.717) is 12.2 Å². The van der Waals surface area contributed by atoms with Crippen molar-refractivity contribution in [2.24, 2.45) is 9.98 Å². The van der Waals surface area contributed by atoms with Crippen LogP contribution in [0.15, 0.2) is 38.4 Å². The zero-order valence-corrected chi connectivity index (χ0v) is 15.5. The summed E-state index contributed by atoms with van der Waals surface area (Å²) in [6.07, 6.45) is 1.87. The largest absolute Gasteiger partial charge is 0.450 e. The molecule has 0 radical (unpaired) electrons. The van der Waals surface area contributed by atoms with Crippen molar-refractivity contribution in [3.63, 3.8) is 0 Å². The number of nitrogens with zero attached hydrogens (tertiary/aromatic N) is 3. The molecule has 0 amide bonds. The predicted molar refractivity (Wildman–Crippen MR) is 93.8 cm³/mol. The maximum Gasteiger partial charge on any atom is 0.248 e. The molecule has 0 aliphatic carbocycles. The number of allylic oxidation sites excluding steroid dienone is 1. The standard InChI is InChI=1S/C12H6Cl6N4O/c13-11(14,15)9-20-8(21-10(22-9)12(16,17)18)4-3-6-1-2-7(5-19)23-6/h1-2,4H,3H2,(H,20,21,22). The third-order valence-electron chi connectivity index (χ3n) is 2.48. The topological polar surface area (TPSA) is 73.7 Å². The van der Waals surface area contributed by atoms with Crippen LogP contribution < -0.4 is 5.32 Å². The highest BCUT2D eigenvalue weighted by Gasteiger charge is 2.37. The fourth-order valence-electron chi connectivity index (χ4n) is 1.52. The van der Waals surface area contributed by atoms with Gasteiger partial charge in [0.25, 0.3) is 0 Å². The fraction of sp³-hybridized carbons (Fsp3) is 0.250. The van der Waals surface area contributed by atoms with Crippen molar-refractivity contribution < 1.29 is 4.42 Å².